The fraction of sp³-hybridized carbons (Fsp3) is 0.455. The van der Waals surface area contributed by atoms with Gasteiger partial charge in [0.1, 0.15) is 17.3 Å². The quantitative estimate of drug-likeness (QED) is 0.846. The third-order valence-electron chi connectivity index (χ3n) is 2.73. The van der Waals surface area contributed by atoms with Crippen molar-refractivity contribution in [1.82, 2.24) is 24.5 Å². The molecule has 2 aromatic heterocycles. The zero-order valence-corrected chi connectivity index (χ0v) is 11.8. The minimum atomic E-state index is 0.0557. The van der Waals surface area contributed by atoms with Gasteiger partial charge in [0, 0.05) is 32.6 Å². The van der Waals surface area contributed by atoms with E-state index in [0.717, 1.165) is 5.56 Å². The van der Waals surface area contributed by atoms with Gasteiger partial charge in [0.05, 0.1) is 0 Å². The van der Waals surface area contributed by atoms with E-state index in [1.54, 1.807) is 23.5 Å². The first-order valence-electron chi connectivity index (χ1n) is 5.80. The first kappa shape index (κ1) is 13.5. The van der Waals surface area contributed by atoms with Crippen LogP contribution >= 0.6 is 11.6 Å². The number of hydrogen-bond acceptors (Lipinski definition) is 5. The van der Waals surface area contributed by atoms with Crippen molar-refractivity contribution in [3.05, 3.63) is 17.0 Å². The van der Waals surface area contributed by atoms with Crippen molar-refractivity contribution < 1.29 is 4.79 Å². The SMILES string of the molecule is Cc1c(Cl)nc2ncnn2c1NCCC(=O)N(C)C. The molecule has 0 aliphatic heterocycles. The Morgan fingerprint density at radius 2 is 2.26 bits per heavy atom. The van der Waals surface area contributed by atoms with E-state index in [1.165, 1.54) is 6.33 Å². The van der Waals surface area contributed by atoms with E-state index in [4.69, 9.17) is 11.6 Å². The zero-order valence-electron chi connectivity index (χ0n) is 11.0. The van der Waals surface area contributed by atoms with Gasteiger partial charge >= 0.3 is 0 Å². The molecule has 19 heavy (non-hydrogen) atoms. The van der Waals surface area contributed by atoms with Crippen molar-refractivity contribution in [1.29, 1.82) is 0 Å². The van der Waals surface area contributed by atoms with Gasteiger partial charge < -0.3 is 10.2 Å². The summed E-state index contributed by atoms with van der Waals surface area (Å²) in [7, 11) is 3.46. The minimum absolute atomic E-state index is 0.0557. The van der Waals surface area contributed by atoms with Crippen LogP contribution in [0.3, 0.4) is 0 Å². The maximum atomic E-state index is 11.5. The Hall–Kier alpha value is -1.89. The van der Waals surface area contributed by atoms with E-state index in [1.807, 2.05) is 6.92 Å². The molecule has 1 N–H and O–H groups in total. The lowest BCUT2D eigenvalue weighted by Crippen LogP contribution is -2.24. The fourth-order valence-electron chi connectivity index (χ4n) is 1.62. The van der Waals surface area contributed by atoms with Crippen LogP contribution in [0.1, 0.15) is 12.0 Å². The molecule has 8 heteroatoms. The van der Waals surface area contributed by atoms with Gasteiger partial charge in [-0.05, 0) is 6.92 Å². The van der Waals surface area contributed by atoms with Crippen molar-refractivity contribution in [3.63, 3.8) is 0 Å². The van der Waals surface area contributed by atoms with E-state index in [9.17, 15) is 4.79 Å². The van der Waals surface area contributed by atoms with Gasteiger partial charge in [-0.3, -0.25) is 4.79 Å². The predicted octanol–water partition coefficient (Wildman–Crippen LogP) is 0.976. The normalized spacial score (nSPS) is 10.7. The lowest BCUT2D eigenvalue weighted by Gasteiger charge is -2.13. The van der Waals surface area contributed by atoms with Crippen molar-refractivity contribution in [2.75, 3.05) is 26.0 Å². The smallest absolute Gasteiger partial charge is 0.255 e. The molecular weight excluding hydrogens is 268 g/mol. The Bertz CT molecular complexity index is 608. The Labute approximate surface area is 115 Å². The average Bonchev–Trinajstić information content (AvgIpc) is 2.81. The molecule has 0 saturated carbocycles. The Kier molecular flexibility index (Phi) is 3.84. The van der Waals surface area contributed by atoms with Gasteiger partial charge in [-0.1, -0.05) is 11.6 Å². The summed E-state index contributed by atoms with van der Waals surface area (Å²) in [5.41, 5.74) is 0.775. The molecule has 0 aromatic carbocycles. The van der Waals surface area contributed by atoms with Crippen LogP contribution < -0.4 is 5.32 Å². The number of nitrogens with zero attached hydrogens (tertiary/aromatic N) is 5. The molecule has 0 bridgehead atoms. The summed E-state index contributed by atoms with van der Waals surface area (Å²) in [5.74, 6) is 1.19. The number of carbonyl (C=O) groups excluding carboxylic acids is 1. The second kappa shape index (κ2) is 5.40. The van der Waals surface area contributed by atoms with Crippen LogP contribution in [-0.2, 0) is 4.79 Å². The lowest BCUT2D eigenvalue weighted by molar-refractivity contribution is -0.128. The number of hydrogen-bond donors (Lipinski definition) is 1. The van der Waals surface area contributed by atoms with Gasteiger partial charge in [-0.25, -0.2) is 0 Å². The van der Waals surface area contributed by atoms with Crippen molar-refractivity contribution in [2.45, 2.75) is 13.3 Å². The molecule has 0 aliphatic rings. The Balaban J connectivity index is 2.18. The van der Waals surface area contributed by atoms with E-state index in [-0.39, 0.29) is 5.91 Å². The van der Waals surface area contributed by atoms with Crippen molar-refractivity contribution in [2.24, 2.45) is 0 Å². The summed E-state index contributed by atoms with van der Waals surface area (Å²) < 4.78 is 1.57. The number of rotatable bonds is 4. The molecule has 0 atom stereocenters. The zero-order chi connectivity index (χ0) is 14.0. The molecule has 102 valence electrons. The maximum Gasteiger partial charge on any atom is 0.255 e. The summed E-state index contributed by atoms with van der Waals surface area (Å²) in [6, 6.07) is 0. The van der Waals surface area contributed by atoms with Crippen LogP contribution in [0.25, 0.3) is 5.78 Å². The van der Waals surface area contributed by atoms with Gasteiger partial charge in [0.15, 0.2) is 0 Å². The fourth-order valence-corrected chi connectivity index (χ4v) is 1.78. The number of halogens is 1. The second-order valence-electron chi connectivity index (χ2n) is 4.31. The van der Waals surface area contributed by atoms with Crippen LogP contribution in [0.2, 0.25) is 5.15 Å². The van der Waals surface area contributed by atoms with Gasteiger partial charge in [-0.15, -0.1) is 0 Å². The lowest BCUT2D eigenvalue weighted by atomic mass is 10.3. The number of nitrogens with one attached hydrogen (secondary N) is 1. The second-order valence-corrected chi connectivity index (χ2v) is 4.67. The molecule has 2 heterocycles. The van der Waals surface area contributed by atoms with Gasteiger partial charge in [-0.2, -0.15) is 19.6 Å². The van der Waals surface area contributed by atoms with Crippen LogP contribution in [0.4, 0.5) is 5.82 Å². The molecule has 7 nitrogen and oxygen atoms in total. The Morgan fingerprint density at radius 3 is 2.95 bits per heavy atom. The molecule has 0 spiro atoms. The molecule has 0 aliphatic carbocycles. The summed E-state index contributed by atoms with van der Waals surface area (Å²) >= 11 is 6.03. The first-order chi connectivity index (χ1) is 9.00. The van der Waals surface area contributed by atoms with Crippen LogP contribution in [-0.4, -0.2) is 51.0 Å². The largest absolute Gasteiger partial charge is 0.369 e. The van der Waals surface area contributed by atoms with Crippen molar-refractivity contribution in [3.8, 4) is 0 Å². The summed E-state index contributed by atoms with van der Waals surface area (Å²) in [4.78, 5) is 21.2. The molecule has 0 radical (unpaired) electrons. The van der Waals surface area contributed by atoms with E-state index >= 15 is 0 Å². The maximum absolute atomic E-state index is 11.5. The third-order valence-corrected chi connectivity index (χ3v) is 3.10. The van der Waals surface area contributed by atoms with E-state index in [0.29, 0.717) is 29.7 Å². The molecule has 1 amide bonds. The van der Waals surface area contributed by atoms with Crippen molar-refractivity contribution >= 4 is 29.1 Å². The Morgan fingerprint density at radius 1 is 1.53 bits per heavy atom. The minimum Gasteiger partial charge on any atom is -0.369 e. The van der Waals surface area contributed by atoms with E-state index in [2.05, 4.69) is 20.4 Å². The van der Waals surface area contributed by atoms with Gasteiger partial charge in [0.25, 0.3) is 5.78 Å². The number of fused-ring (bicyclic) bond motifs is 1. The highest BCUT2D eigenvalue weighted by Gasteiger charge is 2.12. The average molecular weight is 283 g/mol. The summed E-state index contributed by atoms with van der Waals surface area (Å²) in [5, 5.41) is 7.61. The molecule has 0 saturated heterocycles. The summed E-state index contributed by atoms with van der Waals surface area (Å²) in [6.07, 6.45) is 1.80. The number of carbonyl (C=O) groups is 1. The summed E-state index contributed by atoms with van der Waals surface area (Å²) in [6.45, 7) is 2.33. The number of aromatic nitrogens is 4. The molecule has 2 aromatic rings. The standard InChI is InChI=1S/C11H15ClN6O/c1-7-9(12)16-11-14-6-15-18(11)10(7)13-5-4-8(19)17(2)3/h6,13H,4-5H2,1-3H3. The molecule has 0 fully saturated rings. The third kappa shape index (κ3) is 2.76. The predicted molar refractivity (Wildman–Crippen MR) is 72.3 cm³/mol. The van der Waals surface area contributed by atoms with Gasteiger partial charge in [0.2, 0.25) is 5.91 Å². The highest BCUT2D eigenvalue weighted by molar-refractivity contribution is 6.30. The number of anilines is 1. The molecular formula is C11H15ClN6O. The number of amides is 1. The highest BCUT2D eigenvalue weighted by Crippen LogP contribution is 2.21. The first-order valence-corrected chi connectivity index (χ1v) is 6.18. The van der Waals surface area contributed by atoms with Crippen LogP contribution in [0.5, 0.6) is 0 Å². The highest BCUT2D eigenvalue weighted by atomic mass is 35.5. The van der Waals surface area contributed by atoms with E-state index < -0.39 is 0 Å². The van der Waals surface area contributed by atoms with Crippen LogP contribution in [0.15, 0.2) is 6.33 Å². The topological polar surface area (TPSA) is 75.4 Å². The molecule has 2 rings (SSSR count). The molecule has 0 unspecified atom stereocenters. The monoisotopic (exact) mass is 282 g/mol. The van der Waals surface area contributed by atoms with Crippen LogP contribution in [0, 0.1) is 6.92 Å².